The van der Waals surface area contributed by atoms with E-state index < -0.39 is 5.95 Å². The summed E-state index contributed by atoms with van der Waals surface area (Å²) >= 11 is 0. The molecular formula is C16H19FN4O. The van der Waals surface area contributed by atoms with Crippen molar-refractivity contribution in [3.05, 3.63) is 35.9 Å². The van der Waals surface area contributed by atoms with Gasteiger partial charge in [-0.25, -0.2) is 4.98 Å². The minimum Gasteiger partial charge on any atom is -0.355 e. The van der Waals surface area contributed by atoms with Crippen molar-refractivity contribution >= 4 is 23.3 Å². The highest BCUT2D eigenvalue weighted by Crippen LogP contribution is 2.22. The van der Waals surface area contributed by atoms with Gasteiger partial charge in [0.25, 0.3) is 0 Å². The molecule has 22 heavy (non-hydrogen) atoms. The lowest BCUT2D eigenvalue weighted by molar-refractivity contribution is -0.112. The highest BCUT2D eigenvalue weighted by Gasteiger charge is 2.19. The number of allylic oxidation sites excluding steroid dienone is 1. The van der Waals surface area contributed by atoms with Gasteiger partial charge in [0.2, 0.25) is 5.95 Å². The summed E-state index contributed by atoms with van der Waals surface area (Å²) in [5.41, 5.74) is 0.744. The van der Waals surface area contributed by atoms with Gasteiger partial charge in [-0.1, -0.05) is 6.07 Å². The molecule has 0 unspecified atom stereocenters. The quantitative estimate of drug-likeness (QED) is 0.811. The number of piperazine rings is 1. The number of rotatable bonds is 3. The molecule has 0 saturated carbocycles. The van der Waals surface area contributed by atoms with Gasteiger partial charge < -0.3 is 9.80 Å². The average molecular weight is 302 g/mol. The first-order valence-corrected chi connectivity index (χ1v) is 7.35. The number of imidazole rings is 1. The zero-order valence-electron chi connectivity index (χ0n) is 12.8. The minimum atomic E-state index is -0.429. The van der Waals surface area contributed by atoms with E-state index in [4.69, 9.17) is 0 Å². The van der Waals surface area contributed by atoms with Crippen molar-refractivity contribution < 1.29 is 9.18 Å². The van der Waals surface area contributed by atoms with E-state index in [-0.39, 0.29) is 11.5 Å². The molecule has 2 aromatic rings. The maximum Gasteiger partial charge on any atom is 0.227 e. The van der Waals surface area contributed by atoms with E-state index in [0.717, 1.165) is 32.0 Å². The van der Waals surface area contributed by atoms with Gasteiger partial charge in [-0.2, -0.15) is 4.39 Å². The summed E-state index contributed by atoms with van der Waals surface area (Å²) in [7, 11) is 2.08. The third-order valence-corrected chi connectivity index (χ3v) is 3.89. The Morgan fingerprint density at radius 1 is 1.27 bits per heavy atom. The molecule has 3 heterocycles. The topological polar surface area (TPSA) is 40.9 Å². The van der Waals surface area contributed by atoms with Gasteiger partial charge >= 0.3 is 0 Å². The molecule has 1 saturated heterocycles. The standard InChI is InChI=1S/C16H19FN4O/c1-12(22)6-7-13-16(17)21-14(18-13)4-3-5-15(21)20-10-8-19(2)9-11-20/h3-7H,8-11H2,1-2H3/b7-6+. The molecule has 116 valence electrons. The molecule has 1 fully saturated rings. The maximum absolute atomic E-state index is 14.7. The summed E-state index contributed by atoms with van der Waals surface area (Å²) < 4.78 is 16.2. The molecule has 3 rings (SSSR count). The number of halogens is 1. The molecule has 1 aliphatic rings. The molecule has 0 amide bonds. The molecule has 5 nitrogen and oxygen atoms in total. The lowest BCUT2D eigenvalue weighted by atomic mass is 10.3. The van der Waals surface area contributed by atoms with Crippen LogP contribution in [-0.2, 0) is 4.79 Å². The maximum atomic E-state index is 14.7. The Kier molecular flexibility index (Phi) is 3.94. The van der Waals surface area contributed by atoms with Crippen LogP contribution in [0.1, 0.15) is 12.6 Å². The minimum absolute atomic E-state index is 0.129. The van der Waals surface area contributed by atoms with Crippen LogP contribution in [0.4, 0.5) is 10.2 Å². The zero-order chi connectivity index (χ0) is 15.7. The summed E-state index contributed by atoms with van der Waals surface area (Å²) in [6, 6.07) is 5.56. The van der Waals surface area contributed by atoms with E-state index >= 15 is 0 Å². The Morgan fingerprint density at radius 2 is 2.00 bits per heavy atom. The number of fused-ring (bicyclic) bond motifs is 1. The van der Waals surface area contributed by atoms with E-state index in [1.54, 1.807) is 6.07 Å². The lowest BCUT2D eigenvalue weighted by Gasteiger charge is -2.34. The van der Waals surface area contributed by atoms with Gasteiger partial charge in [-0.3, -0.25) is 9.20 Å². The number of likely N-dealkylation sites (N-methyl/N-ethyl adjacent to an activating group) is 1. The Balaban J connectivity index is 2.02. The zero-order valence-corrected chi connectivity index (χ0v) is 12.8. The van der Waals surface area contributed by atoms with Gasteiger partial charge in [0.15, 0.2) is 5.78 Å². The number of carbonyl (C=O) groups is 1. The molecular weight excluding hydrogens is 283 g/mol. The molecule has 2 aromatic heterocycles. The highest BCUT2D eigenvalue weighted by atomic mass is 19.1. The normalized spacial score (nSPS) is 16.8. The number of ketones is 1. The first-order valence-electron chi connectivity index (χ1n) is 7.35. The monoisotopic (exact) mass is 302 g/mol. The van der Waals surface area contributed by atoms with Crippen LogP contribution in [0.2, 0.25) is 0 Å². The second-order valence-corrected chi connectivity index (χ2v) is 5.60. The van der Waals surface area contributed by atoms with Crippen LogP contribution >= 0.6 is 0 Å². The Morgan fingerprint density at radius 3 is 2.68 bits per heavy atom. The largest absolute Gasteiger partial charge is 0.355 e. The van der Waals surface area contributed by atoms with Crippen LogP contribution in [0.3, 0.4) is 0 Å². The number of nitrogens with zero attached hydrogens (tertiary/aromatic N) is 4. The summed E-state index contributed by atoms with van der Waals surface area (Å²) in [6.45, 7) is 5.03. The second kappa shape index (κ2) is 5.88. The summed E-state index contributed by atoms with van der Waals surface area (Å²) in [6.07, 6.45) is 2.76. The highest BCUT2D eigenvalue weighted by molar-refractivity contribution is 5.91. The first-order chi connectivity index (χ1) is 10.6. The van der Waals surface area contributed by atoms with Crippen LogP contribution < -0.4 is 4.90 Å². The van der Waals surface area contributed by atoms with Gasteiger partial charge in [0.1, 0.15) is 17.2 Å². The summed E-state index contributed by atoms with van der Waals surface area (Å²) in [4.78, 5) is 19.7. The van der Waals surface area contributed by atoms with Crippen molar-refractivity contribution in [3.63, 3.8) is 0 Å². The molecule has 6 heteroatoms. The van der Waals surface area contributed by atoms with Crippen LogP contribution in [0.25, 0.3) is 11.7 Å². The molecule has 0 spiro atoms. The number of aromatic nitrogens is 2. The molecule has 0 radical (unpaired) electrons. The number of hydrogen-bond acceptors (Lipinski definition) is 4. The second-order valence-electron chi connectivity index (χ2n) is 5.60. The lowest BCUT2D eigenvalue weighted by Crippen LogP contribution is -2.45. The predicted molar refractivity (Wildman–Crippen MR) is 84.6 cm³/mol. The molecule has 0 bridgehead atoms. The first kappa shape index (κ1) is 14.7. The summed E-state index contributed by atoms with van der Waals surface area (Å²) in [5, 5.41) is 0. The van der Waals surface area contributed by atoms with Crippen molar-refractivity contribution in [1.29, 1.82) is 0 Å². The fraction of sp³-hybridized carbons (Fsp3) is 0.375. The van der Waals surface area contributed by atoms with Crippen LogP contribution in [0.5, 0.6) is 0 Å². The SMILES string of the molecule is CC(=O)/C=C/c1nc2cccc(N3CCN(C)CC3)n2c1F. The fourth-order valence-corrected chi connectivity index (χ4v) is 2.64. The van der Waals surface area contributed by atoms with Crippen molar-refractivity contribution in [3.8, 4) is 0 Å². The van der Waals surface area contributed by atoms with Gasteiger partial charge in [0.05, 0.1) is 0 Å². The van der Waals surface area contributed by atoms with Gasteiger partial charge in [-0.15, -0.1) is 0 Å². The molecule has 0 N–H and O–H groups in total. The van der Waals surface area contributed by atoms with Crippen molar-refractivity contribution in [2.45, 2.75) is 6.92 Å². The van der Waals surface area contributed by atoms with Crippen LogP contribution in [0, 0.1) is 5.95 Å². The molecule has 1 aliphatic heterocycles. The van der Waals surface area contributed by atoms with E-state index in [0.29, 0.717) is 5.65 Å². The van der Waals surface area contributed by atoms with E-state index in [1.807, 2.05) is 12.1 Å². The smallest absolute Gasteiger partial charge is 0.227 e. The average Bonchev–Trinajstić information content (AvgIpc) is 2.83. The number of anilines is 1. The Labute approximate surface area is 128 Å². The fourth-order valence-electron chi connectivity index (χ4n) is 2.64. The molecule has 0 aromatic carbocycles. The number of pyridine rings is 1. The van der Waals surface area contributed by atoms with Crippen molar-refractivity contribution in [2.24, 2.45) is 0 Å². The van der Waals surface area contributed by atoms with Gasteiger partial charge in [0, 0.05) is 26.2 Å². The van der Waals surface area contributed by atoms with E-state index in [1.165, 1.54) is 23.5 Å². The molecule has 0 atom stereocenters. The Hall–Kier alpha value is -2.21. The van der Waals surface area contributed by atoms with Crippen molar-refractivity contribution in [2.75, 3.05) is 38.1 Å². The van der Waals surface area contributed by atoms with Crippen molar-refractivity contribution in [1.82, 2.24) is 14.3 Å². The predicted octanol–water partition coefficient (Wildman–Crippen LogP) is 1.83. The van der Waals surface area contributed by atoms with E-state index in [2.05, 4.69) is 21.8 Å². The van der Waals surface area contributed by atoms with Crippen LogP contribution in [0.15, 0.2) is 24.3 Å². The third kappa shape index (κ3) is 2.74. The number of carbonyl (C=O) groups excluding carboxylic acids is 1. The van der Waals surface area contributed by atoms with Crippen LogP contribution in [-0.4, -0.2) is 53.3 Å². The van der Waals surface area contributed by atoms with E-state index in [9.17, 15) is 9.18 Å². The molecule has 0 aliphatic carbocycles. The summed E-state index contributed by atoms with van der Waals surface area (Å²) in [5.74, 6) is 0.246. The third-order valence-electron chi connectivity index (χ3n) is 3.89. The van der Waals surface area contributed by atoms with Gasteiger partial charge in [-0.05, 0) is 38.3 Å². The number of hydrogen-bond donors (Lipinski definition) is 0. The Bertz CT molecular complexity index is 729.